The quantitative estimate of drug-likeness (QED) is 0.404. The van der Waals surface area contributed by atoms with E-state index in [9.17, 15) is 0 Å². The molecule has 0 aromatic rings. The van der Waals surface area contributed by atoms with Gasteiger partial charge in [-0.25, -0.2) is 0 Å². The van der Waals surface area contributed by atoms with Gasteiger partial charge in [-0.1, -0.05) is 0 Å². The van der Waals surface area contributed by atoms with Crippen molar-refractivity contribution in [2.24, 2.45) is 0 Å². The minimum absolute atomic E-state index is 1.30. The summed E-state index contributed by atoms with van der Waals surface area (Å²) in [5.41, 5.74) is 4.68. The van der Waals surface area contributed by atoms with Gasteiger partial charge in [0.25, 0.3) is 0 Å². The Labute approximate surface area is 44.5 Å². The summed E-state index contributed by atoms with van der Waals surface area (Å²) in [5.74, 6) is 0. The van der Waals surface area contributed by atoms with Crippen LogP contribution in [-0.4, -0.2) is 0 Å². The van der Waals surface area contributed by atoms with Gasteiger partial charge in [0.05, 0.1) is 0 Å². The molecule has 0 heteroatoms. The lowest BCUT2D eigenvalue weighted by molar-refractivity contribution is 0.665. The minimum Gasteiger partial charge on any atom is -0.126 e. The second-order valence-corrected chi connectivity index (χ2v) is 1.89. The highest BCUT2D eigenvalue weighted by atomic mass is 14.1. The van der Waals surface area contributed by atoms with E-state index in [4.69, 9.17) is 0 Å². The van der Waals surface area contributed by atoms with Gasteiger partial charge in [0.1, 0.15) is 0 Å². The van der Waals surface area contributed by atoms with Crippen molar-refractivity contribution in [2.75, 3.05) is 0 Å². The number of allylic oxidation sites excluding steroid dienone is 1. The first kappa shape index (κ1) is 4.67. The summed E-state index contributed by atoms with van der Waals surface area (Å²) in [5, 5.41) is 0. The molecule has 0 amide bonds. The van der Waals surface area contributed by atoms with Crippen LogP contribution in [0.3, 0.4) is 0 Å². The molecule has 0 bridgehead atoms. The van der Waals surface area contributed by atoms with Crippen molar-refractivity contribution < 1.29 is 0 Å². The Hall–Kier alpha value is -0.480. The third kappa shape index (κ3) is 0.942. The smallest absolute Gasteiger partial charge is 0.0241 e. The third-order valence-electron chi connectivity index (χ3n) is 1.31. The lowest BCUT2D eigenvalue weighted by atomic mass is 9.93. The average molecular weight is 94.2 g/mol. The van der Waals surface area contributed by atoms with Gasteiger partial charge in [-0.15, -0.1) is 5.73 Å². The highest BCUT2D eigenvalue weighted by molar-refractivity contribution is 5.07. The molecule has 7 heavy (non-hydrogen) atoms. The fourth-order valence-electron chi connectivity index (χ4n) is 0.702. The Bertz CT molecular complexity index is 108. The van der Waals surface area contributed by atoms with Crippen LogP contribution < -0.4 is 0 Å². The molecule has 0 N–H and O–H groups in total. The monoisotopic (exact) mass is 94.1 g/mol. The lowest BCUT2D eigenvalue weighted by Crippen LogP contribution is -1.93. The molecule has 1 aliphatic rings. The zero-order valence-corrected chi connectivity index (χ0v) is 4.70. The van der Waals surface area contributed by atoms with Crippen LogP contribution in [0.25, 0.3) is 0 Å². The van der Waals surface area contributed by atoms with E-state index in [1.165, 1.54) is 24.8 Å². The zero-order chi connectivity index (χ0) is 5.11. The van der Waals surface area contributed by atoms with Crippen LogP contribution >= 0.6 is 0 Å². The van der Waals surface area contributed by atoms with E-state index in [1.807, 2.05) is 13.0 Å². The molecule has 38 valence electrons. The normalized spacial score (nSPS) is 17.6. The van der Waals surface area contributed by atoms with Crippen molar-refractivity contribution in [1.82, 2.24) is 0 Å². The van der Waals surface area contributed by atoms with Gasteiger partial charge in [0, 0.05) is 0 Å². The van der Waals surface area contributed by atoms with E-state index in [0.29, 0.717) is 0 Å². The van der Waals surface area contributed by atoms with Gasteiger partial charge in [0.2, 0.25) is 0 Å². The first-order chi connectivity index (χ1) is 3.43. The summed E-state index contributed by atoms with van der Waals surface area (Å²) in [6.07, 6.45) is 5.97. The molecule has 0 aromatic heterocycles. The van der Waals surface area contributed by atoms with Gasteiger partial charge >= 0.3 is 0 Å². The maximum Gasteiger partial charge on any atom is -0.0241 e. The second kappa shape index (κ2) is 1.99. The van der Waals surface area contributed by atoms with Crippen LogP contribution in [0.5, 0.6) is 0 Å². The summed E-state index contributed by atoms with van der Waals surface area (Å²) in [4.78, 5) is 0. The Balaban J connectivity index is 2.53. The maximum absolute atomic E-state index is 3.17. The first-order valence-corrected chi connectivity index (χ1v) is 2.82. The molecule has 0 nitrogen and oxygen atoms in total. The molecule has 0 unspecified atom stereocenters. The summed E-state index contributed by atoms with van der Waals surface area (Å²) in [7, 11) is 0. The highest BCUT2D eigenvalue weighted by Gasteiger charge is 2.05. The second-order valence-electron chi connectivity index (χ2n) is 1.89. The van der Waals surface area contributed by atoms with Crippen molar-refractivity contribution in [3.63, 3.8) is 0 Å². The largest absolute Gasteiger partial charge is 0.126 e. The van der Waals surface area contributed by atoms with E-state index < -0.39 is 0 Å². The van der Waals surface area contributed by atoms with Gasteiger partial charge < -0.3 is 0 Å². The van der Waals surface area contributed by atoms with E-state index in [0.717, 1.165) is 0 Å². The number of hydrogen-bond donors (Lipinski definition) is 0. The van der Waals surface area contributed by atoms with Crippen molar-refractivity contribution in [2.45, 2.75) is 26.2 Å². The molecule has 0 heterocycles. The summed E-state index contributed by atoms with van der Waals surface area (Å²) in [6.45, 7) is 2.02. The van der Waals surface area contributed by atoms with Crippen molar-refractivity contribution in [3.8, 4) is 0 Å². The molecule has 0 radical (unpaired) electrons. The molecule has 1 rings (SSSR count). The number of rotatable bonds is 0. The standard InChI is InChI=1S/C7H10/c1-2-4-7-5-3-6-7/h2H,3,5-6H2,1H3. The predicted octanol–water partition coefficient (Wildman–Crippen LogP) is 2.27. The van der Waals surface area contributed by atoms with Gasteiger partial charge in [-0.2, -0.15) is 0 Å². The molecule has 0 saturated heterocycles. The maximum atomic E-state index is 3.17. The molecule has 0 atom stereocenters. The molecule has 1 aliphatic carbocycles. The van der Waals surface area contributed by atoms with Gasteiger partial charge in [0.15, 0.2) is 0 Å². The highest BCUT2D eigenvalue weighted by Crippen LogP contribution is 2.23. The van der Waals surface area contributed by atoms with E-state index >= 15 is 0 Å². The molecule has 1 saturated carbocycles. The molecular weight excluding hydrogens is 84.1 g/mol. The number of hydrogen-bond acceptors (Lipinski definition) is 0. The first-order valence-electron chi connectivity index (χ1n) is 2.82. The summed E-state index contributed by atoms with van der Waals surface area (Å²) in [6, 6.07) is 0. The Morgan fingerprint density at radius 1 is 1.57 bits per heavy atom. The van der Waals surface area contributed by atoms with Crippen LogP contribution in [0.2, 0.25) is 0 Å². The zero-order valence-electron chi connectivity index (χ0n) is 4.70. The van der Waals surface area contributed by atoms with Crippen molar-refractivity contribution >= 4 is 0 Å². The summed E-state index contributed by atoms with van der Waals surface area (Å²) >= 11 is 0. The lowest BCUT2D eigenvalue weighted by Gasteiger charge is -2.11. The van der Waals surface area contributed by atoms with E-state index in [2.05, 4.69) is 5.73 Å². The molecule has 0 aliphatic heterocycles. The fourth-order valence-corrected chi connectivity index (χ4v) is 0.702. The van der Waals surface area contributed by atoms with Crippen LogP contribution in [0.15, 0.2) is 17.4 Å². The van der Waals surface area contributed by atoms with E-state index in [1.54, 1.807) is 0 Å². The Morgan fingerprint density at radius 3 is 2.43 bits per heavy atom. The predicted molar refractivity (Wildman–Crippen MR) is 31.1 cm³/mol. The molecule has 0 spiro atoms. The van der Waals surface area contributed by atoms with Crippen LogP contribution in [0.4, 0.5) is 0 Å². The average Bonchev–Trinajstić information content (AvgIpc) is 1.55. The Kier molecular flexibility index (Phi) is 1.33. The van der Waals surface area contributed by atoms with Crippen molar-refractivity contribution in [1.29, 1.82) is 0 Å². The van der Waals surface area contributed by atoms with E-state index in [-0.39, 0.29) is 0 Å². The molecule has 1 fully saturated rings. The summed E-state index contributed by atoms with van der Waals surface area (Å²) < 4.78 is 0. The van der Waals surface area contributed by atoms with Crippen LogP contribution in [-0.2, 0) is 0 Å². The van der Waals surface area contributed by atoms with Crippen LogP contribution in [0.1, 0.15) is 26.2 Å². The molecular formula is C7H10. The van der Waals surface area contributed by atoms with Crippen LogP contribution in [0, 0.1) is 0 Å². The van der Waals surface area contributed by atoms with Gasteiger partial charge in [-0.3, -0.25) is 0 Å². The Morgan fingerprint density at radius 2 is 2.29 bits per heavy atom. The fraction of sp³-hybridized carbons (Fsp3) is 0.571. The SMILES string of the molecule is CC=C=C1CCC1. The van der Waals surface area contributed by atoms with Crippen molar-refractivity contribution in [3.05, 3.63) is 17.4 Å². The topological polar surface area (TPSA) is 0 Å². The molecule has 0 aromatic carbocycles. The third-order valence-corrected chi connectivity index (χ3v) is 1.31. The van der Waals surface area contributed by atoms with Gasteiger partial charge in [-0.05, 0) is 37.8 Å². The minimum atomic E-state index is 1.30.